The summed E-state index contributed by atoms with van der Waals surface area (Å²) < 4.78 is 7.31. The second kappa shape index (κ2) is 10.3. The minimum Gasteiger partial charge on any atom is -0.483 e. The molecule has 1 N–H and O–H groups in total. The fourth-order valence-corrected chi connectivity index (χ4v) is 4.12. The number of aromatic nitrogens is 3. The Morgan fingerprint density at radius 3 is 2.88 bits per heavy atom. The quantitative estimate of drug-likeness (QED) is 0.757. The first kappa shape index (κ1) is 19.6. The van der Waals surface area contributed by atoms with Crippen LogP contribution >= 0.6 is 11.3 Å². The molecular formula is C17H26N4O3S. The van der Waals surface area contributed by atoms with E-state index in [4.69, 9.17) is 19.6 Å². The van der Waals surface area contributed by atoms with Crippen LogP contribution in [-0.2, 0) is 42.0 Å². The average Bonchev–Trinajstić information content (AvgIpc) is 3.19. The molecule has 25 heavy (non-hydrogen) atoms. The van der Waals surface area contributed by atoms with E-state index in [-0.39, 0.29) is 6.47 Å². The van der Waals surface area contributed by atoms with Crippen LogP contribution in [0.15, 0.2) is 12.4 Å². The molecule has 0 unspecified atom stereocenters. The number of carboxylic acid groups (broad SMARTS) is 1. The Labute approximate surface area is 152 Å². The molecule has 0 atom stereocenters. The van der Waals surface area contributed by atoms with Crippen molar-refractivity contribution in [2.75, 3.05) is 20.8 Å². The molecule has 0 amide bonds. The topological polar surface area (TPSA) is 80.5 Å². The van der Waals surface area contributed by atoms with Gasteiger partial charge in [-0.25, -0.2) is 9.97 Å². The van der Waals surface area contributed by atoms with Gasteiger partial charge in [0.25, 0.3) is 6.47 Å². The first-order valence-corrected chi connectivity index (χ1v) is 9.22. The Balaban J connectivity index is 0.000000701. The van der Waals surface area contributed by atoms with Crippen LogP contribution in [0.2, 0.25) is 0 Å². The summed E-state index contributed by atoms with van der Waals surface area (Å²) in [5.41, 5.74) is 1.35. The van der Waals surface area contributed by atoms with E-state index in [9.17, 15) is 0 Å². The summed E-state index contributed by atoms with van der Waals surface area (Å²) in [7, 11) is 3.86. The molecule has 138 valence electrons. The van der Waals surface area contributed by atoms with Crippen LogP contribution in [-0.4, -0.2) is 51.8 Å². The van der Waals surface area contributed by atoms with E-state index < -0.39 is 0 Å². The van der Waals surface area contributed by atoms with Gasteiger partial charge in [0.2, 0.25) is 0 Å². The van der Waals surface area contributed by atoms with Gasteiger partial charge < -0.3 is 14.4 Å². The van der Waals surface area contributed by atoms with Crippen molar-refractivity contribution in [2.24, 2.45) is 0 Å². The summed E-state index contributed by atoms with van der Waals surface area (Å²) in [6, 6.07) is 0. The van der Waals surface area contributed by atoms with Gasteiger partial charge in [0.1, 0.15) is 10.8 Å². The molecule has 1 aliphatic carbocycles. The molecule has 7 nitrogen and oxygen atoms in total. The number of carbonyl (C=O) groups is 1. The molecule has 1 aliphatic rings. The normalized spacial score (nSPS) is 13.2. The maximum atomic E-state index is 8.36. The van der Waals surface area contributed by atoms with Gasteiger partial charge in [0.05, 0.1) is 25.4 Å². The molecule has 2 aromatic heterocycles. The Kier molecular flexibility index (Phi) is 8.03. The van der Waals surface area contributed by atoms with Crippen LogP contribution in [0.3, 0.4) is 0 Å². The molecule has 0 bridgehead atoms. The maximum Gasteiger partial charge on any atom is 0.290 e. The van der Waals surface area contributed by atoms with Crippen molar-refractivity contribution in [1.82, 2.24) is 19.4 Å². The Hall–Kier alpha value is -1.77. The van der Waals surface area contributed by atoms with Crippen LogP contribution in [0.5, 0.6) is 0 Å². The number of imidazole rings is 1. The van der Waals surface area contributed by atoms with Crippen LogP contribution in [0.25, 0.3) is 0 Å². The molecule has 2 aromatic rings. The minimum absolute atomic E-state index is 0.250. The monoisotopic (exact) mass is 366 g/mol. The number of aryl methyl sites for hydroxylation is 2. The highest BCUT2D eigenvalue weighted by molar-refractivity contribution is 7.11. The predicted molar refractivity (Wildman–Crippen MR) is 96.7 cm³/mol. The van der Waals surface area contributed by atoms with Crippen molar-refractivity contribution in [2.45, 2.75) is 45.3 Å². The lowest BCUT2D eigenvalue weighted by Crippen LogP contribution is -2.20. The van der Waals surface area contributed by atoms with Gasteiger partial charge in [-0.3, -0.25) is 9.69 Å². The molecule has 0 aliphatic heterocycles. The lowest BCUT2D eigenvalue weighted by atomic mass is 10.0. The fraction of sp³-hybridized carbons (Fsp3) is 0.588. The number of thiazole rings is 1. The molecule has 0 spiro atoms. The number of ether oxygens (including phenoxy) is 1. The highest BCUT2D eigenvalue weighted by Gasteiger charge is 2.16. The minimum atomic E-state index is -0.250. The summed E-state index contributed by atoms with van der Waals surface area (Å²) in [5.74, 6) is 1.08. The Morgan fingerprint density at radius 1 is 1.40 bits per heavy atom. The van der Waals surface area contributed by atoms with Gasteiger partial charge in [0, 0.05) is 30.9 Å². The average molecular weight is 366 g/mol. The molecule has 0 saturated heterocycles. The van der Waals surface area contributed by atoms with E-state index in [1.165, 1.54) is 34.8 Å². The van der Waals surface area contributed by atoms with Crippen molar-refractivity contribution in [3.63, 3.8) is 0 Å². The van der Waals surface area contributed by atoms with Crippen LogP contribution in [0.4, 0.5) is 0 Å². The van der Waals surface area contributed by atoms with E-state index in [2.05, 4.69) is 21.5 Å². The van der Waals surface area contributed by atoms with Crippen LogP contribution in [0, 0.1) is 0 Å². The lowest BCUT2D eigenvalue weighted by molar-refractivity contribution is -0.122. The molecule has 2 heterocycles. The van der Waals surface area contributed by atoms with Crippen molar-refractivity contribution in [3.8, 4) is 0 Å². The van der Waals surface area contributed by atoms with E-state index in [0.717, 1.165) is 31.9 Å². The zero-order chi connectivity index (χ0) is 18.1. The smallest absolute Gasteiger partial charge is 0.290 e. The first-order valence-electron chi connectivity index (χ1n) is 8.40. The highest BCUT2D eigenvalue weighted by atomic mass is 32.1. The number of rotatable bonds is 7. The highest BCUT2D eigenvalue weighted by Crippen LogP contribution is 2.27. The Morgan fingerprint density at radius 2 is 2.16 bits per heavy atom. The van der Waals surface area contributed by atoms with Crippen molar-refractivity contribution >= 4 is 17.8 Å². The molecular weight excluding hydrogens is 340 g/mol. The third-order valence-corrected chi connectivity index (χ3v) is 5.19. The third-order valence-electron chi connectivity index (χ3n) is 4.04. The SMILES string of the molecule is COCCn1ccnc1CN(C)Cc1nc2c(s1)CCCC2.O=CO. The zero-order valence-electron chi connectivity index (χ0n) is 14.8. The molecule has 0 saturated carbocycles. The number of nitrogens with zero attached hydrogens (tertiary/aromatic N) is 4. The first-order chi connectivity index (χ1) is 12.2. The number of methoxy groups -OCH3 is 1. The van der Waals surface area contributed by atoms with Crippen molar-refractivity contribution in [3.05, 3.63) is 33.8 Å². The molecule has 8 heteroatoms. The molecule has 0 radical (unpaired) electrons. The van der Waals surface area contributed by atoms with Crippen LogP contribution < -0.4 is 0 Å². The van der Waals surface area contributed by atoms with Crippen molar-refractivity contribution in [1.29, 1.82) is 0 Å². The standard InChI is InChI=1S/C16H24N4OS.CH2O2/c1-19(11-15-17-7-8-20(15)9-10-21-2)12-16-18-13-5-3-4-6-14(13)22-16;2-1-3/h7-8H,3-6,9-12H2,1-2H3;1H,(H,2,3). The van der Waals surface area contributed by atoms with Crippen LogP contribution in [0.1, 0.15) is 34.2 Å². The second-order valence-corrected chi connectivity index (χ2v) is 7.16. The van der Waals surface area contributed by atoms with Gasteiger partial charge in [-0.05, 0) is 32.7 Å². The van der Waals surface area contributed by atoms with Gasteiger partial charge in [-0.2, -0.15) is 0 Å². The largest absolute Gasteiger partial charge is 0.483 e. The summed E-state index contributed by atoms with van der Waals surface area (Å²) in [4.78, 5) is 21.4. The maximum absolute atomic E-state index is 8.36. The fourth-order valence-electron chi connectivity index (χ4n) is 2.89. The predicted octanol–water partition coefficient (Wildman–Crippen LogP) is 2.20. The Bertz CT molecular complexity index is 633. The molecule has 0 aromatic carbocycles. The van der Waals surface area contributed by atoms with E-state index in [1.54, 1.807) is 7.11 Å². The third kappa shape index (κ3) is 5.91. The lowest BCUT2D eigenvalue weighted by Gasteiger charge is -2.15. The summed E-state index contributed by atoms with van der Waals surface area (Å²) in [6.45, 7) is 3.05. The number of fused-ring (bicyclic) bond motifs is 1. The molecule has 0 fully saturated rings. The van der Waals surface area contributed by atoms with E-state index >= 15 is 0 Å². The van der Waals surface area contributed by atoms with E-state index in [0.29, 0.717) is 6.61 Å². The van der Waals surface area contributed by atoms with Gasteiger partial charge in [-0.15, -0.1) is 11.3 Å². The summed E-state index contributed by atoms with van der Waals surface area (Å²) >= 11 is 1.89. The number of hydrogen-bond acceptors (Lipinski definition) is 6. The van der Waals surface area contributed by atoms with Crippen molar-refractivity contribution < 1.29 is 14.6 Å². The second-order valence-electron chi connectivity index (χ2n) is 5.99. The molecule has 3 rings (SSSR count). The summed E-state index contributed by atoms with van der Waals surface area (Å²) in [6.07, 6.45) is 8.88. The van der Waals surface area contributed by atoms with Gasteiger partial charge in [0.15, 0.2) is 0 Å². The van der Waals surface area contributed by atoms with Gasteiger partial charge in [-0.1, -0.05) is 0 Å². The van der Waals surface area contributed by atoms with Gasteiger partial charge >= 0.3 is 0 Å². The summed E-state index contributed by atoms with van der Waals surface area (Å²) in [5, 5.41) is 8.13. The zero-order valence-corrected chi connectivity index (χ0v) is 15.7. The number of hydrogen-bond donors (Lipinski definition) is 1. The van der Waals surface area contributed by atoms with E-state index in [1.807, 2.05) is 23.7 Å².